The van der Waals surface area contributed by atoms with E-state index in [1.165, 1.54) is 5.56 Å². The predicted octanol–water partition coefficient (Wildman–Crippen LogP) is 3.66. The number of benzene rings is 1. The van der Waals surface area contributed by atoms with Crippen molar-refractivity contribution < 1.29 is 14.1 Å². The summed E-state index contributed by atoms with van der Waals surface area (Å²) in [6.45, 7) is 1.99. The number of aryl methyl sites for hydroxylation is 1. The Kier molecular flexibility index (Phi) is 6.72. The van der Waals surface area contributed by atoms with Gasteiger partial charge in [0.1, 0.15) is 0 Å². The third kappa shape index (κ3) is 4.99. The molecule has 0 atom stereocenters. The molecule has 0 bridgehead atoms. The number of hydrogen-bond donors (Lipinski definition) is 0. The summed E-state index contributed by atoms with van der Waals surface area (Å²) in [6.07, 6.45) is 7.10. The monoisotopic (exact) mass is 420 g/mol. The number of carbonyl (C=O) groups is 1. The Hall–Kier alpha value is -3.06. The molecule has 1 fully saturated rings. The molecule has 0 unspecified atom stereocenters. The Balaban J connectivity index is 1.42. The van der Waals surface area contributed by atoms with E-state index < -0.39 is 0 Å². The lowest BCUT2D eigenvalue weighted by molar-refractivity contribution is -0.133. The quantitative estimate of drug-likeness (QED) is 0.553. The van der Waals surface area contributed by atoms with E-state index in [2.05, 4.69) is 22.3 Å². The number of nitrogens with zero attached hydrogens (tertiary/aromatic N) is 4. The largest absolute Gasteiger partial charge is 0.385 e. The molecule has 1 aromatic carbocycles. The summed E-state index contributed by atoms with van der Waals surface area (Å²) < 4.78 is 10.9. The van der Waals surface area contributed by atoms with Crippen molar-refractivity contribution >= 4 is 5.91 Å². The summed E-state index contributed by atoms with van der Waals surface area (Å²) >= 11 is 0. The molecule has 0 saturated carbocycles. The Bertz CT molecular complexity index is 967. The van der Waals surface area contributed by atoms with Crippen molar-refractivity contribution in [2.24, 2.45) is 0 Å². The van der Waals surface area contributed by atoms with Gasteiger partial charge in [0.2, 0.25) is 5.91 Å². The molecule has 0 N–H and O–H groups in total. The third-order valence-corrected chi connectivity index (χ3v) is 6.16. The van der Waals surface area contributed by atoms with Crippen LogP contribution in [0.5, 0.6) is 0 Å². The van der Waals surface area contributed by atoms with Crippen molar-refractivity contribution in [3.8, 4) is 11.5 Å². The number of pyridine rings is 1. The molecule has 0 radical (unpaired) electrons. The molecule has 1 saturated heterocycles. The van der Waals surface area contributed by atoms with Crippen LogP contribution in [-0.2, 0) is 21.4 Å². The highest BCUT2D eigenvalue weighted by molar-refractivity contribution is 5.76. The zero-order chi connectivity index (χ0) is 21.5. The number of piperidine rings is 1. The van der Waals surface area contributed by atoms with Gasteiger partial charge in [-0.05, 0) is 43.4 Å². The van der Waals surface area contributed by atoms with Crippen LogP contribution >= 0.6 is 0 Å². The average molecular weight is 421 g/mol. The molecular formula is C24H28N4O3. The van der Waals surface area contributed by atoms with Gasteiger partial charge >= 0.3 is 0 Å². The molecule has 3 aromatic rings. The minimum absolute atomic E-state index is 0.204. The maximum absolute atomic E-state index is 12.8. The highest BCUT2D eigenvalue weighted by atomic mass is 16.5. The molecule has 0 spiro atoms. The fraction of sp³-hybridized carbons (Fsp3) is 0.417. The van der Waals surface area contributed by atoms with Gasteiger partial charge in [-0.25, -0.2) is 0 Å². The molecule has 7 heteroatoms. The van der Waals surface area contributed by atoms with Crippen LogP contribution < -0.4 is 0 Å². The minimum atomic E-state index is -0.249. The van der Waals surface area contributed by atoms with E-state index in [0.29, 0.717) is 37.8 Å². The smallest absolute Gasteiger partial charge is 0.258 e. The molecule has 0 aliphatic carbocycles. The van der Waals surface area contributed by atoms with Gasteiger partial charge in [0.15, 0.2) is 5.82 Å². The summed E-state index contributed by atoms with van der Waals surface area (Å²) in [4.78, 5) is 23.5. The number of likely N-dealkylation sites (tertiary alicyclic amines) is 1. The van der Waals surface area contributed by atoms with E-state index >= 15 is 0 Å². The maximum atomic E-state index is 12.8. The summed E-state index contributed by atoms with van der Waals surface area (Å²) in [5.41, 5.74) is 1.79. The summed E-state index contributed by atoms with van der Waals surface area (Å²) in [5, 5.41) is 4.32. The molecule has 3 heterocycles. The van der Waals surface area contributed by atoms with E-state index in [-0.39, 0.29) is 11.3 Å². The van der Waals surface area contributed by atoms with Crippen LogP contribution in [0.25, 0.3) is 11.5 Å². The van der Waals surface area contributed by atoms with Gasteiger partial charge in [0.05, 0.1) is 0 Å². The lowest BCUT2D eigenvalue weighted by Gasteiger charge is -2.40. The second kappa shape index (κ2) is 9.83. The van der Waals surface area contributed by atoms with Gasteiger partial charge in [0.25, 0.3) is 5.89 Å². The summed E-state index contributed by atoms with van der Waals surface area (Å²) in [7, 11) is 1.70. The third-order valence-electron chi connectivity index (χ3n) is 6.16. The first kappa shape index (κ1) is 21.2. The average Bonchev–Trinajstić information content (AvgIpc) is 3.34. The first-order chi connectivity index (χ1) is 15.2. The van der Waals surface area contributed by atoms with Crippen LogP contribution in [-0.4, -0.2) is 52.7 Å². The molecule has 1 amide bonds. The normalized spacial score (nSPS) is 15.7. The van der Waals surface area contributed by atoms with Crippen LogP contribution in [0.15, 0.2) is 59.4 Å². The van der Waals surface area contributed by atoms with Gasteiger partial charge in [-0.1, -0.05) is 35.5 Å². The molecule has 162 valence electrons. The number of carbonyl (C=O) groups excluding carboxylic acids is 1. The molecule has 1 aliphatic rings. The Labute approximate surface area is 182 Å². The first-order valence-electron chi connectivity index (χ1n) is 10.8. The number of amides is 1. The van der Waals surface area contributed by atoms with Crippen molar-refractivity contribution in [2.75, 3.05) is 26.8 Å². The lowest BCUT2D eigenvalue weighted by atomic mass is 9.75. The molecule has 2 aromatic heterocycles. The summed E-state index contributed by atoms with van der Waals surface area (Å²) in [5.74, 6) is 1.40. The number of hydrogen-bond acceptors (Lipinski definition) is 6. The standard InChI is InChI=1S/C24H28N4O3/c1-30-18-13-24(23-26-22(31-27-23)20-9-14-25-15-10-20)11-16-28(17-12-24)21(29)8-7-19-5-3-2-4-6-19/h2-6,9-10,14-15H,7-8,11-13,16-18H2,1H3. The Morgan fingerprint density at radius 2 is 1.87 bits per heavy atom. The summed E-state index contributed by atoms with van der Waals surface area (Å²) in [6, 6.07) is 13.9. The number of aromatic nitrogens is 3. The highest BCUT2D eigenvalue weighted by Gasteiger charge is 2.41. The van der Waals surface area contributed by atoms with Crippen molar-refractivity contribution in [2.45, 2.75) is 37.5 Å². The minimum Gasteiger partial charge on any atom is -0.385 e. The zero-order valence-electron chi connectivity index (χ0n) is 17.9. The molecule has 1 aliphatic heterocycles. The number of rotatable bonds is 8. The number of methoxy groups -OCH3 is 1. The van der Waals surface area contributed by atoms with Crippen LogP contribution in [0.3, 0.4) is 0 Å². The SMILES string of the molecule is COCCC1(c2noc(-c3ccncc3)n2)CCN(C(=O)CCc2ccccc2)CC1. The van der Waals surface area contributed by atoms with Crippen LogP contribution in [0.4, 0.5) is 0 Å². The first-order valence-corrected chi connectivity index (χ1v) is 10.8. The van der Waals surface area contributed by atoms with Crippen LogP contribution in [0.1, 0.15) is 37.1 Å². The second-order valence-electron chi connectivity index (χ2n) is 8.05. The van der Waals surface area contributed by atoms with Gasteiger partial charge < -0.3 is 14.2 Å². The van der Waals surface area contributed by atoms with Crippen LogP contribution in [0.2, 0.25) is 0 Å². The lowest BCUT2D eigenvalue weighted by Crippen LogP contribution is -2.46. The van der Waals surface area contributed by atoms with E-state index in [1.54, 1.807) is 19.5 Å². The molecule has 31 heavy (non-hydrogen) atoms. The predicted molar refractivity (Wildman–Crippen MR) is 116 cm³/mol. The molecular weight excluding hydrogens is 392 g/mol. The number of ether oxygens (including phenoxy) is 1. The van der Waals surface area contributed by atoms with Crippen molar-refractivity contribution in [1.29, 1.82) is 0 Å². The van der Waals surface area contributed by atoms with E-state index in [4.69, 9.17) is 14.2 Å². The fourth-order valence-corrected chi connectivity index (χ4v) is 4.17. The van der Waals surface area contributed by atoms with Crippen LogP contribution in [0, 0.1) is 0 Å². The van der Waals surface area contributed by atoms with E-state index in [9.17, 15) is 4.79 Å². The van der Waals surface area contributed by atoms with Gasteiger partial charge in [-0.15, -0.1) is 0 Å². The van der Waals surface area contributed by atoms with Gasteiger partial charge in [0, 0.05) is 56.6 Å². The fourth-order valence-electron chi connectivity index (χ4n) is 4.17. The van der Waals surface area contributed by atoms with E-state index in [1.807, 2.05) is 35.2 Å². The van der Waals surface area contributed by atoms with Gasteiger partial charge in [-0.3, -0.25) is 9.78 Å². The maximum Gasteiger partial charge on any atom is 0.258 e. The second-order valence-corrected chi connectivity index (χ2v) is 8.05. The topological polar surface area (TPSA) is 81.3 Å². The van der Waals surface area contributed by atoms with Gasteiger partial charge in [-0.2, -0.15) is 4.98 Å². The van der Waals surface area contributed by atoms with E-state index in [0.717, 1.165) is 31.2 Å². The molecule has 7 nitrogen and oxygen atoms in total. The molecule has 4 rings (SSSR count). The van der Waals surface area contributed by atoms with Crippen molar-refractivity contribution in [3.63, 3.8) is 0 Å². The highest BCUT2D eigenvalue weighted by Crippen LogP contribution is 2.38. The zero-order valence-corrected chi connectivity index (χ0v) is 17.9. The Morgan fingerprint density at radius 1 is 1.13 bits per heavy atom. The van der Waals surface area contributed by atoms with Crippen molar-refractivity contribution in [3.05, 3.63) is 66.2 Å². The van der Waals surface area contributed by atoms with Crippen molar-refractivity contribution in [1.82, 2.24) is 20.0 Å². The Morgan fingerprint density at radius 3 is 2.58 bits per heavy atom.